The lowest BCUT2D eigenvalue weighted by molar-refractivity contribution is -0.00903. The lowest BCUT2D eigenvalue weighted by Gasteiger charge is -2.44. The Bertz CT molecular complexity index is 438. The summed E-state index contributed by atoms with van der Waals surface area (Å²) in [5.74, 6) is 1.00. The molecule has 0 amide bonds. The molecule has 2 fully saturated rings. The van der Waals surface area contributed by atoms with E-state index in [0.717, 1.165) is 23.4 Å². The second-order valence-corrected chi connectivity index (χ2v) is 5.88. The lowest BCUT2D eigenvalue weighted by atomic mass is 9.90. The summed E-state index contributed by atoms with van der Waals surface area (Å²) in [5.41, 5.74) is 6.45. The van der Waals surface area contributed by atoms with E-state index in [1.54, 1.807) is 6.20 Å². The molecule has 1 saturated carbocycles. The fourth-order valence-electron chi connectivity index (χ4n) is 3.02. The number of pyridine rings is 1. The van der Waals surface area contributed by atoms with Gasteiger partial charge in [-0.3, -0.25) is 0 Å². The molecular formula is C13H18BrN3O. The van der Waals surface area contributed by atoms with Gasteiger partial charge in [-0.15, -0.1) is 0 Å². The molecule has 1 aliphatic carbocycles. The summed E-state index contributed by atoms with van der Waals surface area (Å²) in [4.78, 5) is 6.88. The number of nitrogens with zero attached hydrogens (tertiary/aromatic N) is 2. The molecule has 0 aromatic carbocycles. The van der Waals surface area contributed by atoms with Gasteiger partial charge in [0, 0.05) is 6.54 Å². The van der Waals surface area contributed by atoms with Gasteiger partial charge in [0.15, 0.2) is 0 Å². The van der Waals surface area contributed by atoms with Crippen LogP contribution in [-0.2, 0) is 4.74 Å². The summed E-state index contributed by atoms with van der Waals surface area (Å²) in [7, 11) is 0. The average Bonchev–Trinajstić information content (AvgIpc) is 2.38. The molecular weight excluding hydrogens is 294 g/mol. The molecule has 18 heavy (non-hydrogen) atoms. The van der Waals surface area contributed by atoms with Crippen molar-refractivity contribution in [3.8, 4) is 0 Å². The fourth-order valence-corrected chi connectivity index (χ4v) is 3.61. The van der Waals surface area contributed by atoms with Crippen molar-refractivity contribution in [2.45, 2.75) is 37.8 Å². The van der Waals surface area contributed by atoms with E-state index >= 15 is 0 Å². The monoisotopic (exact) mass is 311 g/mol. The van der Waals surface area contributed by atoms with E-state index in [1.165, 1.54) is 25.7 Å². The smallest absolute Gasteiger partial charge is 0.143 e. The van der Waals surface area contributed by atoms with E-state index in [2.05, 4.69) is 25.8 Å². The van der Waals surface area contributed by atoms with Crippen LogP contribution in [0.3, 0.4) is 0 Å². The van der Waals surface area contributed by atoms with Gasteiger partial charge in [-0.05, 0) is 34.8 Å². The van der Waals surface area contributed by atoms with E-state index in [1.807, 2.05) is 6.07 Å². The number of hydrogen-bond donors (Lipinski definition) is 1. The number of aromatic nitrogens is 1. The Hall–Kier alpha value is -0.810. The first-order valence-electron chi connectivity index (χ1n) is 6.55. The van der Waals surface area contributed by atoms with Gasteiger partial charge in [0.05, 0.1) is 35.1 Å². The van der Waals surface area contributed by atoms with Gasteiger partial charge in [-0.25, -0.2) is 4.98 Å². The number of morpholine rings is 1. The van der Waals surface area contributed by atoms with Crippen molar-refractivity contribution in [1.82, 2.24) is 4.98 Å². The van der Waals surface area contributed by atoms with E-state index in [9.17, 15) is 0 Å². The molecule has 2 N–H and O–H groups in total. The van der Waals surface area contributed by atoms with Crippen LogP contribution in [-0.4, -0.2) is 30.3 Å². The number of ether oxygens (including phenoxy) is 1. The van der Waals surface area contributed by atoms with Crippen LogP contribution in [0.1, 0.15) is 25.7 Å². The van der Waals surface area contributed by atoms with Crippen molar-refractivity contribution in [2.24, 2.45) is 0 Å². The van der Waals surface area contributed by atoms with Gasteiger partial charge < -0.3 is 15.4 Å². The third kappa shape index (κ3) is 2.21. The quantitative estimate of drug-likeness (QED) is 0.866. The largest absolute Gasteiger partial charge is 0.397 e. The SMILES string of the molecule is Nc1cnc(N2CCOC3CCCCC32)c(Br)c1. The number of anilines is 2. The van der Waals surface area contributed by atoms with Gasteiger partial charge in [-0.2, -0.15) is 0 Å². The lowest BCUT2D eigenvalue weighted by Crippen LogP contribution is -2.53. The van der Waals surface area contributed by atoms with Crippen molar-refractivity contribution in [2.75, 3.05) is 23.8 Å². The maximum atomic E-state index is 5.89. The third-order valence-electron chi connectivity index (χ3n) is 3.85. The van der Waals surface area contributed by atoms with E-state index in [0.29, 0.717) is 17.8 Å². The van der Waals surface area contributed by atoms with Crippen molar-refractivity contribution in [3.63, 3.8) is 0 Å². The van der Waals surface area contributed by atoms with Crippen molar-refractivity contribution in [1.29, 1.82) is 0 Å². The van der Waals surface area contributed by atoms with Gasteiger partial charge in [0.2, 0.25) is 0 Å². The molecule has 1 aromatic heterocycles. The molecule has 0 radical (unpaired) electrons. The van der Waals surface area contributed by atoms with Crippen LogP contribution < -0.4 is 10.6 Å². The van der Waals surface area contributed by atoms with Crippen LogP contribution >= 0.6 is 15.9 Å². The van der Waals surface area contributed by atoms with Crippen LogP contribution in [0.25, 0.3) is 0 Å². The molecule has 2 unspecified atom stereocenters. The van der Waals surface area contributed by atoms with Crippen LogP contribution in [0, 0.1) is 0 Å². The fraction of sp³-hybridized carbons (Fsp3) is 0.615. The number of fused-ring (bicyclic) bond motifs is 1. The standard InChI is InChI=1S/C13H18BrN3O/c14-10-7-9(15)8-16-13(10)17-5-6-18-12-4-2-1-3-11(12)17/h7-8,11-12H,1-6,15H2. The second kappa shape index (κ2) is 5.05. The highest BCUT2D eigenvalue weighted by atomic mass is 79.9. The maximum Gasteiger partial charge on any atom is 0.143 e. The minimum absolute atomic E-state index is 0.374. The molecule has 2 aliphatic rings. The highest BCUT2D eigenvalue weighted by Crippen LogP contribution is 2.34. The van der Waals surface area contributed by atoms with E-state index in [-0.39, 0.29) is 0 Å². The van der Waals surface area contributed by atoms with Gasteiger partial charge in [0.1, 0.15) is 5.82 Å². The zero-order valence-electron chi connectivity index (χ0n) is 10.3. The Kier molecular flexibility index (Phi) is 3.43. The Morgan fingerprint density at radius 2 is 2.22 bits per heavy atom. The minimum atomic E-state index is 0.374. The molecule has 5 heteroatoms. The summed E-state index contributed by atoms with van der Waals surface area (Å²) in [6.07, 6.45) is 7.04. The van der Waals surface area contributed by atoms with Crippen LogP contribution in [0.2, 0.25) is 0 Å². The summed E-state index contributed by atoms with van der Waals surface area (Å²) < 4.78 is 6.87. The zero-order chi connectivity index (χ0) is 12.5. The first-order chi connectivity index (χ1) is 8.75. The average molecular weight is 312 g/mol. The molecule has 0 spiro atoms. The van der Waals surface area contributed by atoms with Crippen molar-refractivity contribution < 1.29 is 4.74 Å². The summed E-state index contributed by atoms with van der Waals surface area (Å²) in [6, 6.07) is 2.40. The minimum Gasteiger partial charge on any atom is -0.397 e. The Morgan fingerprint density at radius 3 is 3.06 bits per heavy atom. The highest BCUT2D eigenvalue weighted by Gasteiger charge is 2.35. The highest BCUT2D eigenvalue weighted by molar-refractivity contribution is 9.10. The normalized spacial score (nSPS) is 27.9. The van der Waals surface area contributed by atoms with Crippen LogP contribution in [0.15, 0.2) is 16.7 Å². The Balaban J connectivity index is 1.89. The van der Waals surface area contributed by atoms with E-state index < -0.39 is 0 Å². The maximum absolute atomic E-state index is 5.89. The molecule has 0 bridgehead atoms. The van der Waals surface area contributed by atoms with E-state index in [4.69, 9.17) is 10.5 Å². The molecule has 2 heterocycles. The number of halogens is 1. The third-order valence-corrected chi connectivity index (χ3v) is 4.43. The topological polar surface area (TPSA) is 51.4 Å². The van der Waals surface area contributed by atoms with Crippen molar-refractivity contribution >= 4 is 27.4 Å². The molecule has 3 rings (SSSR count). The number of rotatable bonds is 1. The molecule has 1 aliphatic heterocycles. The summed E-state index contributed by atoms with van der Waals surface area (Å²) in [5, 5.41) is 0. The zero-order valence-corrected chi connectivity index (χ0v) is 11.9. The predicted octanol–water partition coefficient (Wildman–Crippen LogP) is 2.57. The summed E-state index contributed by atoms with van der Waals surface area (Å²) in [6.45, 7) is 1.70. The predicted molar refractivity (Wildman–Crippen MR) is 75.7 cm³/mol. The second-order valence-electron chi connectivity index (χ2n) is 5.03. The molecule has 1 aromatic rings. The molecule has 4 nitrogen and oxygen atoms in total. The van der Waals surface area contributed by atoms with Gasteiger partial charge in [0.25, 0.3) is 0 Å². The first-order valence-corrected chi connectivity index (χ1v) is 7.34. The van der Waals surface area contributed by atoms with Gasteiger partial charge in [-0.1, -0.05) is 12.8 Å². The van der Waals surface area contributed by atoms with Crippen LogP contribution in [0.5, 0.6) is 0 Å². The number of nitrogen functional groups attached to an aromatic ring is 1. The number of hydrogen-bond acceptors (Lipinski definition) is 4. The van der Waals surface area contributed by atoms with Gasteiger partial charge >= 0.3 is 0 Å². The van der Waals surface area contributed by atoms with Crippen molar-refractivity contribution in [3.05, 3.63) is 16.7 Å². The Labute approximate surface area is 116 Å². The molecule has 98 valence electrons. The first kappa shape index (κ1) is 12.2. The van der Waals surface area contributed by atoms with Crippen LogP contribution in [0.4, 0.5) is 11.5 Å². The Morgan fingerprint density at radius 1 is 1.39 bits per heavy atom. The molecule has 2 atom stereocenters. The number of nitrogens with two attached hydrogens (primary N) is 1. The molecule has 1 saturated heterocycles. The summed E-state index contributed by atoms with van der Waals surface area (Å²) >= 11 is 3.57.